The maximum Gasteiger partial charge on any atom is 0.417 e. The van der Waals surface area contributed by atoms with E-state index in [1.54, 1.807) is 102 Å². The highest BCUT2D eigenvalue weighted by Gasteiger charge is 2.25. The number of esters is 1. The summed E-state index contributed by atoms with van der Waals surface area (Å²) in [6.07, 6.45) is -0.521. The van der Waals surface area contributed by atoms with Crippen molar-refractivity contribution in [1.29, 1.82) is 0 Å². The molecule has 16 heteroatoms. The Hall–Kier alpha value is -5.28. The van der Waals surface area contributed by atoms with Crippen LogP contribution in [-0.4, -0.2) is 103 Å². The van der Waals surface area contributed by atoms with Crippen LogP contribution >= 0.6 is 0 Å². The molecule has 0 aliphatic carbocycles. The fourth-order valence-corrected chi connectivity index (χ4v) is 4.94. The predicted molar refractivity (Wildman–Crippen MR) is 211 cm³/mol. The number of rotatable bonds is 17. The molecule has 0 aromatic heterocycles. The van der Waals surface area contributed by atoms with Crippen LogP contribution in [0.25, 0.3) is 0 Å². The molecule has 2 rings (SSSR count). The smallest absolute Gasteiger partial charge is 0.417 e. The lowest BCUT2D eigenvalue weighted by molar-refractivity contribution is 0.0208. The number of ether oxygens (including phenoxy) is 5. The van der Waals surface area contributed by atoms with Gasteiger partial charge in [0.2, 0.25) is 0 Å². The summed E-state index contributed by atoms with van der Waals surface area (Å²) in [7, 11) is 1.14. The largest absolute Gasteiger partial charge is 0.465 e. The molecule has 15 nitrogen and oxygen atoms in total. The normalized spacial score (nSPS) is 11.5. The number of amides is 4. The van der Waals surface area contributed by atoms with Crippen LogP contribution in [0.2, 0.25) is 0 Å². The topological polar surface area (TPSA) is 174 Å². The molecular formula is C40H60FN5O10. The van der Waals surface area contributed by atoms with Gasteiger partial charge in [0.15, 0.2) is 0 Å². The number of carbonyl (C=O) groups excluding carboxylic acids is 5. The van der Waals surface area contributed by atoms with Crippen molar-refractivity contribution in [1.82, 2.24) is 15.1 Å². The maximum absolute atomic E-state index is 15.2. The number of carbonyl (C=O) groups is 5. The average Bonchev–Trinajstić information content (AvgIpc) is 3.07. The van der Waals surface area contributed by atoms with Gasteiger partial charge in [-0.05, 0) is 112 Å². The third-order valence-corrected chi connectivity index (χ3v) is 7.31. The average molecular weight is 790 g/mol. The fourth-order valence-electron chi connectivity index (χ4n) is 4.94. The fraction of sp³-hybridized carbons (Fsp3) is 0.575. The number of halogens is 1. The van der Waals surface area contributed by atoms with E-state index in [2.05, 4.69) is 16.0 Å². The van der Waals surface area contributed by atoms with Crippen LogP contribution in [0.3, 0.4) is 0 Å². The lowest BCUT2D eigenvalue weighted by atomic mass is 10.1. The summed E-state index contributed by atoms with van der Waals surface area (Å²) in [5.74, 6) is -1.35. The van der Waals surface area contributed by atoms with E-state index >= 15 is 4.39 Å². The first-order valence-electron chi connectivity index (χ1n) is 18.7. The van der Waals surface area contributed by atoms with Crippen LogP contribution in [-0.2, 0) is 18.9 Å². The van der Waals surface area contributed by atoms with Crippen molar-refractivity contribution < 1.29 is 52.0 Å². The van der Waals surface area contributed by atoms with Crippen molar-refractivity contribution in [3.63, 3.8) is 0 Å². The van der Waals surface area contributed by atoms with Gasteiger partial charge in [0, 0.05) is 39.3 Å². The minimum absolute atomic E-state index is 0.0000102. The molecule has 0 unspecified atom stereocenters. The summed E-state index contributed by atoms with van der Waals surface area (Å²) in [4.78, 5) is 66.4. The van der Waals surface area contributed by atoms with Gasteiger partial charge in [-0.25, -0.2) is 28.4 Å². The van der Waals surface area contributed by atoms with Crippen LogP contribution < -0.4 is 20.7 Å². The molecule has 2 aromatic rings. The Labute approximate surface area is 329 Å². The van der Waals surface area contributed by atoms with Gasteiger partial charge in [-0.3, -0.25) is 5.32 Å². The Balaban J connectivity index is 2.05. The SMILES string of the molecule is COC(=O)c1cc(F)c(NCCCN(CCCCN(CCCNC(=O)OC(C)(C)C)C(=O)OC(C)(C)C)C(=O)OC(C)(C)C)cc1NC(=O)Oc1ccccc1. The van der Waals surface area contributed by atoms with E-state index in [4.69, 9.17) is 23.7 Å². The zero-order chi connectivity index (χ0) is 42.1. The van der Waals surface area contributed by atoms with E-state index in [0.717, 1.165) is 13.2 Å². The minimum Gasteiger partial charge on any atom is -0.465 e. The molecule has 0 heterocycles. The molecule has 0 aliphatic heterocycles. The van der Waals surface area contributed by atoms with Gasteiger partial charge >= 0.3 is 30.3 Å². The first-order valence-corrected chi connectivity index (χ1v) is 18.7. The quantitative estimate of drug-likeness (QED) is 0.0801. The number of para-hydroxylation sites is 1. The first kappa shape index (κ1) is 46.9. The number of methoxy groups -OCH3 is 1. The maximum atomic E-state index is 15.2. The molecule has 0 spiro atoms. The number of anilines is 2. The summed E-state index contributed by atoms with van der Waals surface area (Å²) in [5.41, 5.74) is -2.32. The van der Waals surface area contributed by atoms with Crippen LogP contribution in [0.15, 0.2) is 42.5 Å². The van der Waals surface area contributed by atoms with E-state index in [0.29, 0.717) is 51.9 Å². The Kier molecular flexibility index (Phi) is 18.2. The second-order valence-corrected chi connectivity index (χ2v) is 15.9. The van der Waals surface area contributed by atoms with Crippen molar-refractivity contribution in [2.45, 2.75) is 105 Å². The summed E-state index contributed by atoms with van der Waals surface area (Å²) in [6, 6.07) is 10.5. The molecule has 2 aromatic carbocycles. The Morgan fingerprint density at radius 2 is 1.14 bits per heavy atom. The summed E-state index contributed by atoms with van der Waals surface area (Å²) in [5, 5.41) is 8.14. The van der Waals surface area contributed by atoms with Crippen LogP contribution in [0.1, 0.15) is 98.4 Å². The van der Waals surface area contributed by atoms with Crippen LogP contribution in [0, 0.1) is 5.82 Å². The number of hydrogen-bond acceptors (Lipinski definition) is 11. The van der Waals surface area contributed by atoms with Gasteiger partial charge in [-0.15, -0.1) is 0 Å². The number of hydrogen-bond donors (Lipinski definition) is 3. The number of nitrogens with one attached hydrogen (secondary N) is 3. The number of unbranched alkanes of at least 4 members (excludes halogenated alkanes) is 1. The van der Waals surface area contributed by atoms with Gasteiger partial charge in [-0.2, -0.15) is 0 Å². The monoisotopic (exact) mass is 789 g/mol. The van der Waals surface area contributed by atoms with Crippen molar-refractivity contribution in [2.24, 2.45) is 0 Å². The molecular weight excluding hydrogens is 729 g/mol. The molecule has 0 bridgehead atoms. The van der Waals surface area contributed by atoms with Crippen molar-refractivity contribution in [3.8, 4) is 5.75 Å². The second-order valence-electron chi connectivity index (χ2n) is 15.9. The van der Waals surface area contributed by atoms with E-state index in [1.165, 1.54) is 6.07 Å². The van der Waals surface area contributed by atoms with Crippen molar-refractivity contribution in [2.75, 3.05) is 57.0 Å². The molecule has 3 N–H and O–H groups in total. The zero-order valence-corrected chi connectivity index (χ0v) is 34.5. The number of alkyl carbamates (subject to hydrolysis) is 1. The van der Waals surface area contributed by atoms with E-state index < -0.39 is 53.0 Å². The molecule has 0 fully saturated rings. The second kappa shape index (κ2) is 21.7. The minimum atomic E-state index is -0.892. The van der Waals surface area contributed by atoms with E-state index in [1.807, 2.05) is 0 Å². The van der Waals surface area contributed by atoms with Gasteiger partial charge in [0.25, 0.3) is 0 Å². The van der Waals surface area contributed by atoms with E-state index in [-0.39, 0.29) is 35.8 Å². The molecule has 0 atom stereocenters. The summed E-state index contributed by atoms with van der Waals surface area (Å²) < 4.78 is 41.7. The van der Waals surface area contributed by atoms with Gasteiger partial charge in [-0.1, -0.05) is 18.2 Å². The standard InChI is InChI=1S/C40H60FN5O10/c1-38(2,3)54-34(48)43-21-17-25-46(37(51)56-40(7,8)9)23-15-14-22-45(36(50)55-39(4,5)6)24-16-20-42-32-27-31(29(26-30(32)41)33(47)52-10)44-35(49)53-28-18-12-11-13-19-28/h11-13,18-19,26-27,42H,14-17,20-25H2,1-10H3,(H,43,48)(H,44,49). The Morgan fingerprint density at radius 1 is 0.643 bits per heavy atom. The third-order valence-electron chi connectivity index (χ3n) is 7.31. The highest BCUT2D eigenvalue weighted by atomic mass is 19.1. The molecule has 0 aliphatic rings. The zero-order valence-electron chi connectivity index (χ0n) is 34.5. The molecule has 56 heavy (non-hydrogen) atoms. The van der Waals surface area contributed by atoms with Gasteiger partial charge in [0.1, 0.15) is 28.4 Å². The molecule has 0 saturated heterocycles. The Bertz CT molecular complexity index is 1600. The van der Waals surface area contributed by atoms with Crippen molar-refractivity contribution in [3.05, 3.63) is 53.8 Å². The Morgan fingerprint density at radius 3 is 1.64 bits per heavy atom. The first-order chi connectivity index (χ1) is 26.1. The number of benzene rings is 2. The lowest BCUT2D eigenvalue weighted by Gasteiger charge is -2.29. The van der Waals surface area contributed by atoms with Crippen LogP contribution in [0.5, 0.6) is 5.75 Å². The lowest BCUT2D eigenvalue weighted by Crippen LogP contribution is -2.40. The molecule has 0 radical (unpaired) electrons. The predicted octanol–water partition coefficient (Wildman–Crippen LogP) is 8.19. The van der Waals surface area contributed by atoms with Crippen molar-refractivity contribution >= 4 is 41.7 Å². The highest BCUT2D eigenvalue weighted by Crippen LogP contribution is 2.26. The summed E-state index contributed by atoms with van der Waals surface area (Å²) in [6.45, 7) is 17.7. The molecule has 4 amide bonds. The molecule has 312 valence electrons. The van der Waals surface area contributed by atoms with Crippen LogP contribution in [0.4, 0.5) is 34.9 Å². The highest BCUT2D eigenvalue weighted by molar-refractivity contribution is 6.01. The third kappa shape index (κ3) is 18.8. The molecule has 0 saturated carbocycles. The summed E-state index contributed by atoms with van der Waals surface area (Å²) >= 11 is 0. The van der Waals surface area contributed by atoms with E-state index in [9.17, 15) is 24.0 Å². The van der Waals surface area contributed by atoms with Gasteiger partial charge < -0.3 is 44.1 Å². The van der Waals surface area contributed by atoms with Gasteiger partial charge in [0.05, 0.1) is 24.0 Å². The number of nitrogens with zero attached hydrogens (tertiary/aromatic N) is 2.